The molecule has 1 heterocycles. The van der Waals surface area contributed by atoms with E-state index in [9.17, 15) is 9.18 Å². The first-order valence-corrected chi connectivity index (χ1v) is 10.3. The number of thioether (sulfide) groups is 1. The quantitative estimate of drug-likeness (QED) is 0.501. The van der Waals surface area contributed by atoms with Gasteiger partial charge in [0.15, 0.2) is 5.17 Å². The molecule has 1 saturated heterocycles. The van der Waals surface area contributed by atoms with Crippen molar-refractivity contribution in [3.8, 4) is 5.75 Å². The van der Waals surface area contributed by atoms with E-state index in [1.165, 1.54) is 17.8 Å². The largest absolute Gasteiger partial charge is 0.489 e. The van der Waals surface area contributed by atoms with Crippen LogP contribution in [0, 0.1) is 5.82 Å². The number of para-hydroxylation sites is 1. The van der Waals surface area contributed by atoms with Crippen LogP contribution in [0.1, 0.15) is 11.1 Å². The summed E-state index contributed by atoms with van der Waals surface area (Å²) in [5, 5.41) is 3.63. The molecule has 1 aliphatic heterocycles. The molecule has 3 aromatic carbocycles. The van der Waals surface area contributed by atoms with Crippen molar-refractivity contribution in [1.82, 2.24) is 5.32 Å². The van der Waals surface area contributed by atoms with E-state index in [1.54, 1.807) is 30.3 Å². The molecule has 1 fully saturated rings. The van der Waals surface area contributed by atoms with E-state index in [2.05, 4.69) is 10.3 Å². The van der Waals surface area contributed by atoms with Gasteiger partial charge in [0.25, 0.3) is 5.91 Å². The van der Waals surface area contributed by atoms with Gasteiger partial charge >= 0.3 is 0 Å². The fourth-order valence-electron chi connectivity index (χ4n) is 2.74. The lowest BCUT2D eigenvalue weighted by Crippen LogP contribution is -2.19. The van der Waals surface area contributed by atoms with Crippen LogP contribution in [0.15, 0.2) is 82.7 Å². The van der Waals surface area contributed by atoms with Crippen molar-refractivity contribution >= 4 is 46.2 Å². The smallest absolute Gasteiger partial charge is 0.264 e. The number of carbonyl (C=O) groups is 1. The van der Waals surface area contributed by atoms with Crippen LogP contribution in [0.4, 0.5) is 10.1 Å². The number of benzene rings is 3. The molecule has 4 nitrogen and oxygen atoms in total. The molecule has 0 aromatic heterocycles. The number of amides is 1. The summed E-state index contributed by atoms with van der Waals surface area (Å²) >= 11 is 7.30. The Morgan fingerprint density at radius 3 is 2.53 bits per heavy atom. The molecule has 1 aliphatic rings. The molecular weight excluding hydrogens is 423 g/mol. The van der Waals surface area contributed by atoms with Gasteiger partial charge in [0.1, 0.15) is 18.2 Å². The highest BCUT2D eigenvalue weighted by molar-refractivity contribution is 8.18. The highest BCUT2D eigenvalue weighted by Gasteiger charge is 2.23. The van der Waals surface area contributed by atoms with E-state index in [-0.39, 0.29) is 12.5 Å². The first-order chi connectivity index (χ1) is 14.6. The third kappa shape index (κ3) is 4.90. The van der Waals surface area contributed by atoms with Gasteiger partial charge in [-0.25, -0.2) is 9.38 Å². The maximum absolute atomic E-state index is 13.8. The maximum atomic E-state index is 13.8. The molecule has 1 N–H and O–H groups in total. The average Bonchev–Trinajstić information content (AvgIpc) is 3.08. The molecule has 3 aromatic rings. The van der Waals surface area contributed by atoms with Crippen molar-refractivity contribution in [3.05, 3.63) is 99.7 Å². The lowest BCUT2D eigenvalue weighted by Gasteiger charge is -2.09. The van der Waals surface area contributed by atoms with Gasteiger partial charge in [-0.3, -0.25) is 4.79 Å². The van der Waals surface area contributed by atoms with Crippen LogP contribution in [0.5, 0.6) is 5.75 Å². The topological polar surface area (TPSA) is 50.7 Å². The minimum absolute atomic E-state index is 0.0313. The van der Waals surface area contributed by atoms with E-state index in [0.29, 0.717) is 26.4 Å². The first kappa shape index (κ1) is 20.2. The Hall–Kier alpha value is -3.09. The van der Waals surface area contributed by atoms with Crippen LogP contribution >= 0.6 is 23.4 Å². The lowest BCUT2D eigenvalue weighted by molar-refractivity contribution is -0.115. The van der Waals surface area contributed by atoms with Crippen LogP contribution in [-0.4, -0.2) is 11.1 Å². The molecule has 0 atom stereocenters. The minimum Gasteiger partial charge on any atom is -0.489 e. The Balaban J connectivity index is 1.42. The predicted molar refractivity (Wildman–Crippen MR) is 119 cm³/mol. The van der Waals surface area contributed by atoms with Gasteiger partial charge in [-0.1, -0.05) is 48.0 Å². The van der Waals surface area contributed by atoms with Crippen LogP contribution in [0.2, 0.25) is 5.02 Å². The number of amidine groups is 1. The standard InChI is InChI=1S/C23H16ClFN2O2S/c24-19-7-4-8-20(25)18(19)14-29-17-11-9-15(10-12-17)13-21-22(28)27-23(30-21)26-16-5-2-1-3-6-16/h1-13H,14H2,(H,26,27,28)/b21-13+. The first-order valence-electron chi connectivity index (χ1n) is 9.09. The molecule has 0 unspecified atom stereocenters. The zero-order chi connectivity index (χ0) is 20.9. The minimum atomic E-state index is -0.402. The number of rotatable bonds is 5. The summed E-state index contributed by atoms with van der Waals surface area (Å²) in [6.45, 7) is 0.0313. The van der Waals surface area contributed by atoms with Crippen molar-refractivity contribution in [3.63, 3.8) is 0 Å². The van der Waals surface area contributed by atoms with Gasteiger partial charge in [0, 0.05) is 5.56 Å². The van der Waals surface area contributed by atoms with Gasteiger partial charge in [-0.15, -0.1) is 0 Å². The summed E-state index contributed by atoms with van der Waals surface area (Å²) in [7, 11) is 0. The number of ether oxygens (including phenoxy) is 1. The van der Waals surface area contributed by atoms with Crippen molar-refractivity contribution < 1.29 is 13.9 Å². The molecule has 0 bridgehead atoms. The third-order valence-corrected chi connectivity index (χ3v) is 5.52. The summed E-state index contributed by atoms with van der Waals surface area (Å²) < 4.78 is 19.5. The second-order valence-electron chi connectivity index (χ2n) is 6.38. The fourth-order valence-corrected chi connectivity index (χ4v) is 3.80. The van der Waals surface area contributed by atoms with Crippen molar-refractivity contribution in [2.24, 2.45) is 4.99 Å². The van der Waals surface area contributed by atoms with Gasteiger partial charge in [-0.2, -0.15) is 0 Å². The molecular formula is C23H16ClFN2O2S. The van der Waals surface area contributed by atoms with Crippen molar-refractivity contribution in [2.45, 2.75) is 6.61 Å². The van der Waals surface area contributed by atoms with Gasteiger partial charge in [0.2, 0.25) is 0 Å². The molecule has 0 spiro atoms. The third-order valence-electron chi connectivity index (χ3n) is 4.26. The average molecular weight is 439 g/mol. The number of carbonyl (C=O) groups excluding carboxylic acids is 1. The van der Waals surface area contributed by atoms with Gasteiger partial charge in [0.05, 0.1) is 15.6 Å². The monoisotopic (exact) mass is 438 g/mol. The Morgan fingerprint density at radius 1 is 1.03 bits per heavy atom. The number of hydrogen-bond donors (Lipinski definition) is 1. The Morgan fingerprint density at radius 2 is 1.80 bits per heavy atom. The second kappa shape index (κ2) is 9.15. The molecule has 0 saturated carbocycles. The number of halogens is 2. The summed E-state index contributed by atoms with van der Waals surface area (Å²) in [4.78, 5) is 17.2. The van der Waals surface area contributed by atoms with Crippen LogP contribution in [0.3, 0.4) is 0 Å². The van der Waals surface area contributed by atoms with E-state index in [1.807, 2.05) is 42.5 Å². The predicted octanol–water partition coefficient (Wildman–Crippen LogP) is 5.95. The highest BCUT2D eigenvalue weighted by Crippen LogP contribution is 2.28. The Kier molecular flexibility index (Phi) is 6.16. The zero-order valence-corrected chi connectivity index (χ0v) is 17.2. The van der Waals surface area contributed by atoms with Crippen LogP contribution in [0.25, 0.3) is 6.08 Å². The Bertz CT molecular complexity index is 1110. The highest BCUT2D eigenvalue weighted by atomic mass is 35.5. The second-order valence-corrected chi connectivity index (χ2v) is 7.81. The number of aliphatic imine (C=N–C) groups is 1. The Labute approximate surface area is 182 Å². The lowest BCUT2D eigenvalue weighted by atomic mass is 10.2. The zero-order valence-electron chi connectivity index (χ0n) is 15.6. The van der Waals surface area contributed by atoms with Gasteiger partial charge < -0.3 is 10.1 Å². The molecule has 7 heteroatoms. The molecule has 4 rings (SSSR count). The summed E-state index contributed by atoms with van der Waals surface area (Å²) in [6, 6.07) is 21.1. The van der Waals surface area contributed by atoms with Crippen molar-refractivity contribution in [1.29, 1.82) is 0 Å². The molecule has 1 amide bonds. The normalized spacial score (nSPS) is 16.1. The summed E-state index contributed by atoms with van der Waals surface area (Å²) in [6.07, 6.45) is 1.78. The van der Waals surface area contributed by atoms with Crippen LogP contribution in [-0.2, 0) is 11.4 Å². The van der Waals surface area contributed by atoms with Crippen molar-refractivity contribution in [2.75, 3.05) is 0 Å². The number of hydrogen-bond acceptors (Lipinski definition) is 4. The molecule has 150 valence electrons. The van der Waals surface area contributed by atoms with E-state index in [0.717, 1.165) is 11.3 Å². The number of nitrogens with one attached hydrogen (secondary N) is 1. The number of nitrogens with zero attached hydrogens (tertiary/aromatic N) is 1. The fraction of sp³-hybridized carbons (Fsp3) is 0.0435. The maximum Gasteiger partial charge on any atom is 0.264 e. The van der Waals surface area contributed by atoms with Crippen LogP contribution < -0.4 is 10.1 Å². The van der Waals surface area contributed by atoms with E-state index < -0.39 is 5.82 Å². The SMILES string of the molecule is O=C1NC(=Nc2ccccc2)S/C1=C/c1ccc(OCc2c(F)cccc2Cl)cc1. The molecule has 30 heavy (non-hydrogen) atoms. The van der Waals surface area contributed by atoms with E-state index in [4.69, 9.17) is 16.3 Å². The van der Waals surface area contributed by atoms with E-state index >= 15 is 0 Å². The summed E-state index contributed by atoms with van der Waals surface area (Å²) in [5.41, 5.74) is 1.93. The van der Waals surface area contributed by atoms with Gasteiger partial charge in [-0.05, 0) is 59.8 Å². The molecule has 0 radical (unpaired) electrons. The molecule has 0 aliphatic carbocycles. The summed E-state index contributed by atoms with van der Waals surface area (Å²) in [5.74, 6) is -0.0170.